The number of benzene rings is 1. The summed E-state index contributed by atoms with van der Waals surface area (Å²) in [6.45, 7) is 5.47. The molecular weight excluding hydrogens is 344 g/mol. The van der Waals surface area contributed by atoms with Crippen molar-refractivity contribution >= 4 is 28.1 Å². The molecule has 3 aromatic rings. The van der Waals surface area contributed by atoms with Gasteiger partial charge in [0.15, 0.2) is 0 Å². The zero-order chi connectivity index (χ0) is 18.3. The first-order chi connectivity index (χ1) is 12.6. The zero-order valence-corrected chi connectivity index (χ0v) is 15.9. The lowest BCUT2D eigenvalue weighted by Crippen LogP contribution is -2.40. The van der Waals surface area contributed by atoms with Crippen LogP contribution in [0.15, 0.2) is 46.0 Å². The Bertz CT molecular complexity index is 1020. The quantitative estimate of drug-likeness (QED) is 0.683. The Morgan fingerprint density at radius 2 is 2.19 bits per heavy atom. The Morgan fingerprint density at radius 1 is 1.35 bits per heavy atom. The molecule has 0 radical (unpaired) electrons. The fourth-order valence-corrected chi connectivity index (χ4v) is 4.35. The molecule has 1 aliphatic heterocycles. The van der Waals surface area contributed by atoms with Crippen LogP contribution in [0.4, 0.5) is 0 Å². The Labute approximate surface area is 156 Å². The average molecular weight is 366 g/mol. The number of aromatic nitrogens is 1. The fourth-order valence-electron chi connectivity index (χ4n) is 3.69. The summed E-state index contributed by atoms with van der Waals surface area (Å²) < 4.78 is 2.07. The summed E-state index contributed by atoms with van der Waals surface area (Å²) in [6.07, 6.45) is 3.53. The maximum absolute atomic E-state index is 13.3. The van der Waals surface area contributed by atoms with Crippen LogP contribution in [0.3, 0.4) is 0 Å². The molecule has 4 nitrogen and oxygen atoms in total. The number of carbonyl (C=O) groups excluding carboxylic acids is 1. The Kier molecular flexibility index (Phi) is 4.41. The highest BCUT2D eigenvalue weighted by atomic mass is 32.1. The third-order valence-corrected chi connectivity index (χ3v) is 6.08. The SMILES string of the molecule is CCC(C)N(Cc1ccsc1)C(=O)c1cn2c3c(cccc3c1=O)CC2. The van der Waals surface area contributed by atoms with Gasteiger partial charge in [-0.15, -0.1) is 0 Å². The van der Waals surface area contributed by atoms with E-state index in [1.807, 2.05) is 35.4 Å². The zero-order valence-electron chi connectivity index (χ0n) is 15.1. The maximum atomic E-state index is 13.3. The second-order valence-corrected chi connectivity index (χ2v) is 7.73. The second kappa shape index (κ2) is 6.72. The van der Waals surface area contributed by atoms with E-state index in [9.17, 15) is 9.59 Å². The van der Waals surface area contributed by atoms with Gasteiger partial charge in [0, 0.05) is 30.7 Å². The van der Waals surface area contributed by atoms with Crippen molar-refractivity contribution < 1.29 is 4.79 Å². The summed E-state index contributed by atoms with van der Waals surface area (Å²) in [5, 5.41) is 4.73. The lowest BCUT2D eigenvalue weighted by atomic mass is 10.1. The van der Waals surface area contributed by atoms with Crippen LogP contribution < -0.4 is 5.43 Å². The van der Waals surface area contributed by atoms with Gasteiger partial charge in [-0.1, -0.05) is 19.1 Å². The maximum Gasteiger partial charge on any atom is 0.259 e. The largest absolute Gasteiger partial charge is 0.346 e. The molecule has 0 spiro atoms. The van der Waals surface area contributed by atoms with Crippen LogP contribution >= 0.6 is 11.3 Å². The molecule has 0 aliphatic carbocycles. The van der Waals surface area contributed by atoms with Crippen molar-refractivity contribution in [2.75, 3.05) is 0 Å². The molecule has 0 N–H and O–H groups in total. The van der Waals surface area contributed by atoms with Gasteiger partial charge < -0.3 is 9.47 Å². The Balaban J connectivity index is 1.79. The summed E-state index contributed by atoms with van der Waals surface area (Å²) in [4.78, 5) is 28.2. The molecule has 0 bridgehead atoms. The minimum absolute atomic E-state index is 0.0717. The first kappa shape index (κ1) is 17.0. The molecule has 134 valence electrons. The second-order valence-electron chi connectivity index (χ2n) is 6.95. The van der Waals surface area contributed by atoms with E-state index in [0.29, 0.717) is 11.9 Å². The molecule has 3 heterocycles. The molecule has 2 aromatic heterocycles. The first-order valence-electron chi connectivity index (χ1n) is 9.07. The molecular formula is C21H22N2O2S. The number of amides is 1. The van der Waals surface area contributed by atoms with Crippen molar-refractivity contribution in [2.24, 2.45) is 0 Å². The average Bonchev–Trinajstić information content (AvgIpc) is 3.32. The summed E-state index contributed by atoms with van der Waals surface area (Å²) in [6, 6.07) is 7.93. The molecule has 5 heteroatoms. The minimum Gasteiger partial charge on any atom is -0.346 e. The molecule has 4 rings (SSSR count). The summed E-state index contributed by atoms with van der Waals surface area (Å²) in [5.74, 6) is -0.168. The molecule has 1 amide bonds. The monoisotopic (exact) mass is 366 g/mol. The molecule has 26 heavy (non-hydrogen) atoms. The number of thiophene rings is 1. The number of hydrogen-bond donors (Lipinski definition) is 0. The number of rotatable bonds is 5. The smallest absolute Gasteiger partial charge is 0.259 e. The number of nitrogens with zero attached hydrogens (tertiary/aromatic N) is 2. The van der Waals surface area contributed by atoms with Crippen molar-refractivity contribution in [2.45, 2.75) is 45.8 Å². The first-order valence-corrected chi connectivity index (χ1v) is 10.0. The van der Waals surface area contributed by atoms with Crippen LogP contribution in [0.1, 0.15) is 41.8 Å². The Hall–Kier alpha value is -2.40. The van der Waals surface area contributed by atoms with Gasteiger partial charge in [0.1, 0.15) is 5.56 Å². The highest BCUT2D eigenvalue weighted by Gasteiger charge is 2.26. The summed E-state index contributed by atoms with van der Waals surface area (Å²) >= 11 is 1.62. The molecule has 0 fully saturated rings. The van der Waals surface area contributed by atoms with Crippen molar-refractivity contribution in [3.05, 3.63) is 68.1 Å². The van der Waals surface area contributed by atoms with Crippen LogP contribution in [0.25, 0.3) is 10.9 Å². The van der Waals surface area contributed by atoms with Crippen molar-refractivity contribution in [3.63, 3.8) is 0 Å². The third-order valence-electron chi connectivity index (χ3n) is 5.35. The molecule has 1 aliphatic rings. The standard InChI is InChI=1S/C21H22N2O2S/c1-3-14(2)23(11-15-8-10-26-13-15)21(25)18-12-22-9-7-16-5-4-6-17(19(16)22)20(18)24/h4-6,8,10,12-14H,3,7,9,11H2,1-2H3. The topological polar surface area (TPSA) is 42.3 Å². The van der Waals surface area contributed by atoms with Gasteiger partial charge in [0.25, 0.3) is 5.91 Å². The van der Waals surface area contributed by atoms with Crippen LogP contribution in [0.2, 0.25) is 0 Å². The normalized spacial score (nSPS) is 13.9. The predicted molar refractivity (Wildman–Crippen MR) is 106 cm³/mol. The van der Waals surface area contributed by atoms with Gasteiger partial charge in [0.05, 0.1) is 5.52 Å². The van der Waals surface area contributed by atoms with Gasteiger partial charge in [-0.3, -0.25) is 9.59 Å². The van der Waals surface area contributed by atoms with Crippen LogP contribution in [0, 0.1) is 0 Å². The highest BCUT2D eigenvalue weighted by molar-refractivity contribution is 7.07. The van der Waals surface area contributed by atoms with Gasteiger partial charge in [-0.2, -0.15) is 11.3 Å². The fraction of sp³-hybridized carbons (Fsp3) is 0.333. The van der Waals surface area contributed by atoms with Crippen molar-refractivity contribution in [1.82, 2.24) is 9.47 Å². The molecule has 1 unspecified atom stereocenters. The van der Waals surface area contributed by atoms with Crippen molar-refractivity contribution in [1.29, 1.82) is 0 Å². The van der Waals surface area contributed by atoms with Gasteiger partial charge in [-0.05, 0) is 53.8 Å². The lowest BCUT2D eigenvalue weighted by Gasteiger charge is -2.28. The summed E-state index contributed by atoms with van der Waals surface area (Å²) in [5.41, 5.74) is 3.42. The Morgan fingerprint density at radius 3 is 2.92 bits per heavy atom. The van der Waals surface area contributed by atoms with Crippen LogP contribution in [-0.2, 0) is 19.5 Å². The molecule has 0 saturated heterocycles. The van der Waals surface area contributed by atoms with Gasteiger partial charge in [0.2, 0.25) is 5.43 Å². The van der Waals surface area contributed by atoms with Crippen LogP contribution in [0.5, 0.6) is 0 Å². The van der Waals surface area contributed by atoms with Crippen LogP contribution in [-0.4, -0.2) is 21.4 Å². The third kappa shape index (κ3) is 2.76. The number of carbonyl (C=O) groups is 1. The van der Waals surface area contributed by atoms with E-state index >= 15 is 0 Å². The van der Waals surface area contributed by atoms with E-state index < -0.39 is 0 Å². The molecule has 1 atom stereocenters. The number of hydrogen-bond acceptors (Lipinski definition) is 3. The summed E-state index contributed by atoms with van der Waals surface area (Å²) in [7, 11) is 0. The van der Waals surface area contributed by atoms with Crippen molar-refractivity contribution in [3.8, 4) is 0 Å². The predicted octanol–water partition coefficient (Wildman–Crippen LogP) is 4.06. The number of pyridine rings is 1. The van der Waals surface area contributed by atoms with E-state index in [4.69, 9.17) is 0 Å². The molecule has 1 aromatic carbocycles. The lowest BCUT2D eigenvalue weighted by molar-refractivity contribution is 0.0670. The number of para-hydroxylation sites is 1. The van der Waals surface area contributed by atoms with E-state index in [0.717, 1.165) is 30.5 Å². The van der Waals surface area contributed by atoms with E-state index in [1.165, 1.54) is 5.56 Å². The van der Waals surface area contributed by atoms with E-state index in [1.54, 1.807) is 17.5 Å². The van der Waals surface area contributed by atoms with Gasteiger partial charge in [-0.25, -0.2) is 0 Å². The minimum atomic E-state index is -0.168. The number of aryl methyl sites for hydroxylation is 2. The van der Waals surface area contributed by atoms with E-state index in [2.05, 4.69) is 22.9 Å². The molecule has 0 saturated carbocycles. The van der Waals surface area contributed by atoms with Gasteiger partial charge >= 0.3 is 0 Å². The highest BCUT2D eigenvalue weighted by Crippen LogP contribution is 2.25. The van der Waals surface area contributed by atoms with E-state index in [-0.39, 0.29) is 22.9 Å².